The summed E-state index contributed by atoms with van der Waals surface area (Å²) in [6, 6.07) is 15.6. The molecule has 1 aromatic carbocycles. The number of nitrogens with zero attached hydrogens (tertiary/aromatic N) is 3. The first kappa shape index (κ1) is 17.4. The highest BCUT2D eigenvalue weighted by Gasteiger charge is 2.24. The predicted molar refractivity (Wildman–Crippen MR) is 104 cm³/mol. The summed E-state index contributed by atoms with van der Waals surface area (Å²) in [6.45, 7) is 3.24. The van der Waals surface area contributed by atoms with Crippen molar-refractivity contribution in [3.63, 3.8) is 0 Å². The van der Waals surface area contributed by atoms with Crippen LogP contribution in [0.4, 0.5) is 0 Å². The summed E-state index contributed by atoms with van der Waals surface area (Å²) in [6.07, 6.45) is 4.65. The van der Waals surface area contributed by atoms with Gasteiger partial charge in [-0.1, -0.05) is 36.4 Å². The second-order valence-electron chi connectivity index (χ2n) is 6.94. The van der Waals surface area contributed by atoms with Crippen LogP contribution in [0.2, 0.25) is 0 Å². The van der Waals surface area contributed by atoms with E-state index in [0.717, 1.165) is 42.9 Å². The van der Waals surface area contributed by atoms with Crippen LogP contribution < -0.4 is 5.32 Å². The van der Waals surface area contributed by atoms with Gasteiger partial charge in [-0.2, -0.15) is 5.10 Å². The lowest BCUT2D eigenvalue weighted by Gasteiger charge is -2.25. The second kappa shape index (κ2) is 8.14. The van der Waals surface area contributed by atoms with Gasteiger partial charge in [0.15, 0.2) is 0 Å². The van der Waals surface area contributed by atoms with E-state index in [2.05, 4.69) is 20.5 Å². The number of pyridine rings is 1. The Kier molecular flexibility index (Phi) is 5.25. The first-order valence-electron chi connectivity index (χ1n) is 9.29. The Morgan fingerprint density at radius 2 is 2.07 bits per heavy atom. The number of hydrogen-bond acceptors (Lipinski definition) is 4. The van der Waals surface area contributed by atoms with Gasteiger partial charge in [-0.15, -0.1) is 0 Å². The maximum Gasteiger partial charge on any atom is 0.272 e. The maximum atomic E-state index is 13.2. The van der Waals surface area contributed by atoms with Crippen molar-refractivity contribution in [3.05, 3.63) is 72.2 Å². The summed E-state index contributed by atoms with van der Waals surface area (Å²) in [5, 5.41) is 10.6. The molecule has 1 aliphatic rings. The third-order valence-corrected chi connectivity index (χ3v) is 4.90. The Morgan fingerprint density at radius 3 is 2.81 bits per heavy atom. The summed E-state index contributed by atoms with van der Waals surface area (Å²) >= 11 is 0. The standard InChI is InChI=1S/C21H23N5O/c27-21(20-11-19(24-25-20)18-6-2-1-3-7-18)26(15-17-8-10-23-13-17)14-16-5-4-9-22-12-16/h1-7,9,11-12,17,23H,8,10,13-15H2,(H,24,25). The van der Waals surface area contributed by atoms with E-state index >= 15 is 0 Å². The minimum Gasteiger partial charge on any atom is -0.333 e. The fraction of sp³-hybridized carbons (Fsp3) is 0.286. The van der Waals surface area contributed by atoms with Gasteiger partial charge in [0.25, 0.3) is 5.91 Å². The zero-order chi connectivity index (χ0) is 18.5. The molecule has 6 nitrogen and oxygen atoms in total. The summed E-state index contributed by atoms with van der Waals surface area (Å²) in [7, 11) is 0. The van der Waals surface area contributed by atoms with Gasteiger partial charge in [0.05, 0.1) is 5.69 Å². The van der Waals surface area contributed by atoms with Crippen molar-refractivity contribution < 1.29 is 4.79 Å². The van der Waals surface area contributed by atoms with Crippen molar-refractivity contribution in [1.29, 1.82) is 0 Å². The number of H-pyrrole nitrogens is 1. The number of aromatic nitrogens is 3. The number of nitrogens with one attached hydrogen (secondary N) is 2. The third kappa shape index (κ3) is 4.23. The van der Waals surface area contributed by atoms with Crippen LogP contribution >= 0.6 is 0 Å². The predicted octanol–water partition coefficient (Wildman–Crippen LogP) is 2.72. The van der Waals surface area contributed by atoms with Crippen molar-refractivity contribution in [2.45, 2.75) is 13.0 Å². The molecule has 1 saturated heterocycles. The number of amides is 1. The number of rotatable bonds is 6. The van der Waals surface area contributed by atoms with E-state index in [0.29, 0.717) is 18.2 Å². The summed E-state index contributed by atoms with van der Waals surface area (Å²) in [5.41, 5.74) is 3.32. The van der Waals surface area contributed by atoms with Gasteiger partial charge in [0.2, 0.25) is 0 Å². The molecule has 6 heteroatoms. The van der Waals surface area contributed by atoms with E-state index in [-0.39, 0.29) is 5.91 Å². The zero-order valence-electron chi connectivity index (χ0n) is 15.1. The molecule has 138 valence electrons. The number of carbonyl (C=O) groups is 1. The molecule has 0 spiro atoms. The molecule has 1 unspecified atom stereocenters. The van der Waals surface area contributed by atoms with Crippen LogP contribution in [0.25, 0.3) is 11.3 Å². The topological polar surface area (TPSA) is 73.9 Å². The van der Waals surface area contributed by atoms with Crippen molar-refractivity contribution in [1.82, 2.24) is 25.4 Å². The minimum absolute atomic E-state index is 0.0274. The number of carbonyl (C=O) groups excluding carboxylic acids is 1. The van der Waals surface area contributed by atoms with Gasteiger partial charge in [-0.3, -0.25) is 14.9 Å². The fourth-order valence-corrected chi connectivity index (χ4v) is 3.47. The SMILES string of the molecule is O=C(c1cc(-c2ccccc2)n[nH]1)N(Cc1cccnc1)CC1CCNC1. The van der Waals surface area contributed by atoms with Crippen LogP contribution in [0.1, 0.15) is 22.5 Å². The zero-order valence-corrected chi connectivity index (χ0v) is 15.1. The second-order valence-corrected chi connectivity index (χ2v) is 6.94. The molecule has 0 aliphatic carbocycles. The first-order chi connectivity index (χ1) is 13.3. The smallest absolute Gasteiger partial charge is 0.272 e. The molecule has 2 N–H and O–H groups in total. The normalized spacial score (nSPS) is 16.4. The quantitative estimate of drug-likeness (QED) is 0.708. The van der Waals surface area contributed by atoms with Gasteiger partial charge in [0.1, 0.15) is 5.69 Å². The molecule has 4 rings (SSSR count). The Hall–Kier alpha value is -2.99. The lowest BCUT2D eigenvalue weighted by Crippen LogP contribution is -2.36. The van der Waals surface area contributed by atoms with Crippen LogP contribution in [-0.2, 0) is 6.54 Å². The average molecular weight is 361 g/mol. The molecule has 2 aromatic heterocycles. The first-order valence-corrected chi connectivity index (χ1v) is 9.29. The molecule has 1 fully saturated rings. The molecular formula is C21H23N5O. The summed E-state index contributed by atoms with van der Waals surface area (Å²) < 4.78 is 0. The highest BCUT2D eigenvalue weighted by Crippen LogP contribution is 2.20. The summed E-state index contributed by atoms with van der Waals surface area (Å²) in [4.78, 5) is 19.3. The lowest BCUT2D eigenvalue weighted by molar-refractivity contribution is 0.0712. The Morgan fingerprint density at radius 1 is 1.19 bits per heavy atom. The minimum atomic E-state index is -0.0274. The lowest BCUT2D eigenvalue weighted by atomic mass is 10.1. The summed E-state index contributed by atoms with van der Waals surface area (Å²) in [5.74, 6) is 0.447. The number of benzene rings is 1. The van der Waals surface area contributed by atoms with Crippen molar-refractivity contribution in [2.75, 3.05) is 19.6 Å². The van der Waals surface area contributed by atoms with Crippen LogP contribution in [0.15, 0.2) is 60.9 Å². The van der Waals surface area contributed by atoms with Crippen LogP contribution in [0.5, 0.6) is 0 Å². The van der Waals surface area contributed by atoms with E-state index in [1.165, 1.54) is 0 Å². The van der Waals surface area contributed by atoms with Gasteiger partial charge in [0, 0.05) is 31.0 Å². The third-order valence-electron chi connectivity index (χ3n) is 4.90. The molecular weight excluding hydrogens is 338 g/mol. The molecule has 3 heterocycles. The monoisotopic (exact) mass is 361 g/mol. The number of aromatic amines is 1. The molecule has 3 aromatic rings. The van der Waals surface area contributed by atoms with E-state index in [9.17, 15) is 4.79 Å². The average Bonchev–Trinajstić information content (AvgIpc) is 3.41. The Labute approximate surface area is 158 Å². The van der Waals surface area contributed by atoms with Gasteiger partial charge >= 0.3 is 0 Å². The van der Waals surface area contributed by atoms with Crippen molar-refractivity contribution in [2.24, 2.45) is 5.92 Å². The van der Waals surface area contributed by atoms with E-state index < -0.39 is 0 Å². The van der Waals surface area contributed by atoms with Gasteiger partial charge < -0.3 is 10.2 Å². The van der Waals surface area contributed by atoms with Crippen molar-refractivity contribution in [3.8, 4) is 11.3 Å². The van der Waals surface area contributed by atoms with E-state index in [4.69, 9.17) is 0 Å². The highest BCUT2D eigenvalue weighted by molar-refractivity contribution is 5.93. The number of hydrogen-bond donors (Lipinski definition) is 2. The molecule has 27 heavy (non-hydrogen) atoms. The van der Waals surface area contributed by atoms with E-state index in [1.807, 2.05) is 59.6 Å². The van der Waals surface area contributed by atoms with Crippen LogP contribution in [0.3, 0.4) is 0 Å². The Balaban J connectivity index is 1.55. The van der Waals surface area contributed by atoms with Crippen LogP contribution in [0, 0.1) is 5.92 Å². The highest BCUT2D eigenvalue weighted by atomic mass is 16.2. The van der Waals surface area contributed by atoms with Crippen LogP contribution in [-0.4, -0.2) is 45.6 Å². The van der Waals surface area contributed by atoms with Gasteiger partial charge in [-0.05, 0) is 43.1 Å². The van der Waals surface area contributed by atoms with Gasteiger partial charge in [-0.25, -0.2) is 0 Å². The molecule has 1 aliphatic heterocycles. The molecule has 0 saturated carbocycles. The fourth-order valence-electron chi connectivity index (χ4n) is 3.47. The van der Waals surface area contributed by atoms with E-state index in [1.54, 1.807) is 6.20 Å². The molecule has 1 amide bonds. The Bertz CT molecular complexity index is 872. The molecule has 1 atom stereocenters. The largest absolute Gasteiger partial charge is 0.333 e. The molecule has 0 bridgehead atoms. The maximum absolute atomic E-state index is 13.2. The van der Waals surface area contributed by atoms with Crippen molar-refractivity contribution >= 4 is 5.91 Å². The molecule has 0 radical (unpaired) electrons.